The number of nitrogens with one attached hydrogen (secondary N) is 1. The lowest BCUT2D eigenvalue weighted by atomic mass is 10.2. The molecule has 22 heavy (non-hydrogen) atoms. The Bertz CT molecular complexity index is 649. The largest absolute Gasteiger partial charge is 0.352 e. The maximum Gasteiger partial charge on any atom is 0.243 e. The highest BCUT2D eigenvalue weighted by Gasteiger charge is 2.30. The van der Waals surface area contributed by atoms with Gasteiger partial charge in [0.25, 0.3) is 0 Å². The number of benzene rings is 1. The molecule has 1 aromatic rings. The Labute approximate surface area is 129 Å². The van der Waals surface area contributed by atoms with Gasteiger partial charge in [-0.25, -0.2) is 17.2 Å². The Morgan fingerprint density at radius 2 is 1.86 bits per heavy atom. The molecule has 1 aromatic carbocycles. The zero-order valence-corrected chi connectivity index (χ0v) is 13.7. The summed E-state index contributed by atoms with van der Waals surface area (Å²) < 4.78 is 51.1. The molecule has 0 saturated carbocycles. The van der Waals surface area contributed by atoms with Gasteiger partial charge in [-0.05, 0) is 32.4 Å². The molecule has 0 saturated heterocycles. The second-order valence-corrected chi connectivity index (χ2v) is 7.01. The Balaban J connectivity index is 3.19. The zero-order chi connectivity index (χ0) is 17.1. The van der Waals surface area contributed by atoms with E-state index in [-0.39, 0.29) is 11.7 Å². The molecular weight excluding hydrogens is 314 g/mol. The molecule has 0 unspecified atom stereocenters. The van der Waals surface area contributed by atoms with Gasteiger partial charge in [-0.15, -0.1) is 0 Å². The molecule has 0 aliphatic rings. The van der Waals surface area contributed by atoms with Crippen LogP contribution in [-0.2, 0) is 14.8 Å². The Morgan fingerprint density at radius 1 is 1.27 bits per heavy atom. The van der Waals surface area contributed by atoms with Crippen molar-refractivity contribution in [3.63, 3.8) is 0 Å². The third-order valence-electron chi connectivity index (χ3n) is 3.25. The number of hydrogen-bond acceptors (Lipinski definition) is 3. The van der Waals surface area contributed by atoms with E-state index in [9.17, 15) is 22.0 Å². The smallest absolute Gasteiger partial charge is 0.243 e. The molecule has 0 bridgehead atoms. The van der Waals surface area contributed by atoms with Crippen molar-refractivity contribution in [2.75, 3.05) is 10.6 Å². The summed E-state index contributed by atoms with van der Waals surface area (Å²) in [7, 11) is -3.85. The number of sulfonamides is 1. The van der Waals surface area contributed by atoms with E-state index in [0.29, 0.717) is 6.42 Å². The van der Waals surface area contributed by atoms with Gasteiger partial charge in [0.05, 0.1) is 11.9 Å². The summed E-state index contributed by atoms with van der Waals surface area (Å²) in [5, 5.41) is 2.66. The van der Waals surface area contributed by atoms with Crippen LogP contribution in [0.5, 0.6) is 0 Å². The highest BCUT2D eigenvalue weighted by Crippen LogP contribution is 2.23. The maximum absolute atomic E-state index is 13.4. The van der Waals surface area contributed by atoms with E-state index >= 15 is 0 Å². The van der Waals surface area contributed by atoms with Crippen molar-refractivity contribution in [3.05, 3.63) is 29.8 Å². The van der Waals surface area contributed by atoms with Crippen molar-refractivity contribution < 1.29 is 22.0 Å². The lowest BCUT2D eigenvalue weighted by Crippen LogP contribution is -2.49. The molecule has 0 aromatic heterocycles. The standard InChI is InChI=1S/C14H20F2N2O3S/c1-5-9(2)17-14(19)10(3)18(22(4,20)21)11-6-7-12(15)13(16)8-11/h6-10H,5H2,1-4H3,(H,17,19)/t9-,10-/m1/s1. The highest BCUT2D eigenvalue weighted by atomic mass is 32.2. The van der Waals surface area contributed by atoms with Gasteiger partial charge < -0.3 is 5.32 Å². The lowest BCUT2D eigenvalue weighted by Gasteiger charge is -2.29. The SMILES string of the molecule is CC[C@@H](C)NC(=O)[C@@H](C)N(c1ccc(F)c(F)c1)S(C)(=O)=O. The molecule has 8 heteroatoms. The first-order chi connectivity index (χ1) is 10.1. The number of anilines is 1. The molecule has 124 valence electrons. The van der Waals surface area contributed by atoms with Crippen molar-refractivity contribution in [1.82, 2.24) is 5.32 Å². The summed E-state index contributed by atoms with van der Waals surface area (Å²) in [6.07, 6.45) is 1.59. The van der Waals surface area contributed by atoms with Crippen LogP contribution in [0, 0.1) is 11.6 Å². The van der Waals surface area contributed by atoms with Crippen molar-refractivity contribution in [2.45, 2.75) is 39.3 Å². The predicted molar refractivity (Wildman–Crippen MR) is 81.0 cm³/mol. The number of amides is 1. The second kappa shape index (κ2) is 7.04. The van der Waals surface area contributed by atoms with Crippen LogP contribution in [0.4, 0.5) is 14.5 Å². The minimum absolute atomic E-state index is 0.104. The van der Waals surface area contributed by atoms with Crippen molar-refractivity contribution in [3.8, 4) is 0 Å². The van der Waals surface area contributed by atoms with Crippen LogP contribution in [0.2, 0.25) is 0 Å². The van der Waals surface area contributed by atoms with Crippen LogP contribution >= 0.6 is 0 Å². The summed E-state index contributed by atoms with van der Waals surface area (Å²) in [4.78, 5) is 12.1. The van der Waals surface area contributed by atoms with E-state index < -0.39 is 33.6 Å². The third kappa shape index (κ3) is 4.40. The minimum atomic E-state index is -3.85. The van der Waals surface area contributed by atoms with E-state index in [1.165, 1.54) is 6.92 Å². The second-order valence-electron chi connectivity index (χ2n) is 5.15. The first-order valence-electron chi connectivity index (χ1n) is 6.82. The summed E-state index contributed by atoms with van der Waals surface area (Å²) in [5.74, 6) is -2.78. The fourth-order valence-corrected chi connectivity index (χ4v) is 3.06. The molecule has 1 rings (SSSR count). The van der Waals surface area contributed by atoms with Gasteiger partial charge >= 0.3 is 0 Å². The van der Waals surface area contributed by atoms with Gasteiger partial charge in [-0.3, -0.25) is 9.10 Å². The van der Waals surface area contributed by atoms with Gasteiger partial charge in [0, 0.05) is 12.1 Å². The average Bonchev–Trinajstić information content (AvgIpc) is 2.41. The maximum atomic E-state index is 13.4. The van der Waals surface area contributed by atoms with E-state index in [4.69, 9.17) is 0 Å². The van der Waals surface area contributed by atoms with Gasteiger partial charge in [0.2, 0.25) is 15.9 Å². The molecule has 0 radical (unpaired) electrons. The minimum Gasteiger partial charge on any atom is -0.352 e. The highest BCUT2D eigenvalue weighted by molar-refractivity contribution is 7.92. The molecule has 1 N–H and O–H groups in total. The molecular formula is C14H20F2N2O3S. The summed E-state index contributed by atoms with van der Waals surface area (Å²) in [6, 6.07) is 1.48. The summed E-state index contributed by atoms with van der Waals surface area (Å²) in [6.45, 7) is 5.05. The van der Waals surface area contributed by atoms with E-state index in [2.05, 4.69) is 5.32 Å². The molecule has 0 spiro atoms. The fraction of sp³-hybridized carbons (Fsp3) is 0.500. The number of rotatable bonds is 6. The Hall–Kier alpha value is -1.70. The Kier molecular flexibility index (Phi) is 5.87. The van der Waals surface area contributed by atoms with E-state index in [1.807, 2.05) is 6.92 Å². The predicted octanol–water partition coefficient (Wildman–Crippen LogP) is 2.03. The van der Waals surface area contributed by atoms with Crippen LogP contribution < -0.4 is 9.62 Å². The molecule has 2 atom stereocenters. The third-order valence-corrected chi connectivity index (χ3v) is 4.49. The molecule has 0 aliphatic heterocycles. The molecule has 0 aliphatic carbocycles. The van der Waals surface area contributed by atoms with Gasteiger partial charge in [-0.1, -0.05) is 6.92 Å². The van der Waals surface area contributed by atoms with Crippen LogP contribution in [0.15, 0.2) is 18.2 Å². The number of carbonyl (C=O) groups is 1. The van der Waals surface area contributed by atoms with Crippen molar-refractivity contribution in [1.29, 1.82) is 0 Å². The van der Waals surface area contributed by atoms with Crippen LogP contribution in [0.1, 0.15) is 27.2 Å². The van der Waals surface area contributed by atoms with Gasteiger partial charge in [0.1, 0.15) is 6.04 Å². The number of halogens is 2. The number of carbonyl (C=O) groups excluding carboxylic acids is 1. The van der Waals surface area contributed by atoms with Crippen molar-refractivity contribution >= 4 is 21.6 Å². The van der Waals surface area contributed by atoms with Crippen molar-refractivity contribution in [2.24, 2.45) is 0 Å². The monoisotopic (exact) mass is 334 g/mol. The molecule has 0 fully saturated rings. The fourth-order valence-electron chi connectivity index (χ4n) is 1.90. The normalized spacial score (nSPS) is 14.3. The molecule has 5 nitrogen and oxygen atoms in total. The van der Waals surface area contributed by atoms with Crippen LogP contribution in [-0.4, -0.2) is 32.7 Å². The van der Waals surface area contributed by atoms with Crippen LogP contribution in [0.25, 0.3) is 0 Å². The Morgan fingerprint density at radius 3 is 2.32 bits per heavy atom. The van der Waals surface area contributed by atoms with E-state index in [0.717, 1.165) is 28.8 Å². The summed E-state index contributed by atoms with van der Waals surface area (Å²) >= 11 is 0. The molecule has 0 heterocycles. The first kappa shape index (κ1) is 18.3. The average molecular weight is 334 g/mol. The topological polar surface area (TPSA) is 66.5 Å². The quantitative estimate of drug-likeness (QED) is 0.866. The van der Waals surface area contributed by atoms with Gasteiger partial charge in [-0.2, -0.15) is 0 Å². The molecule has 1 amide bonds. The lowest BCUT2D eigenvalue weighted by molar-refractivity contribution is -0.122. The summed E-state index contributed by atoms with van der Waals surface area (Å²) in [5.41, 5.74) is -0.104. The number of hydrogen-bond donors (Lipinski definition) is 1. The van der Waals surface area contributed by atoms with Crippen LogP contribution in [0.3, 0.4) is 0 Å². The van der Waals surface area contributed by atoms with E-state index in [1.54, 1.807) is 6.92 Å². The van der Waals surface area contributed by atoms with Gasteiger partial charge in [0.15, 0.2) is 11.6 Å². The first-order valence-corrected chi connectivity index (χ1v) is 8.67. The zero-order valence-electron chi connectivity index (χ0n) is 12.9. The number of nitrogens with zero attached hydrogens (tertiary/aromatic N) is 1.